The molecule has 1 aliphatic rings. The van der Waals surface area contributed by atoms with Crippen LogP contribution in [0.1, 0.15) is 17.5 Å². The Labute approximate surface area is 138 Å². The fourth-order valence-corrected chi connectivity index (χ4v) is 3.69. The van der Waals surface area contributed by atoms with E-state index in [-0.39, 0.29) is 17.3 Å². The second-order valence-corrected chi connectivity index (χ2v) is 7.00. The molecule has 22 heavy (non-hydrogen) atoms. The first kappa shape index (κ1) is 19.0. The lowest BCUT2D eigenvalue weighted by Gasteiger charge is -2.16. The summed E-state index contributed by atoms with van der Waals surface area (Å²) in [5.41, 5.74) is 2.76. The third kappa shape index (κ3) is 4.46. The van der Waals surface area contributed by atoms with Crippen LogP contribution in [0.15, 0.2) is 28.7 Å². The van der Waals surface area contributed by atoms with Crippen molar-refractivity contribution in [3.63, 3.8) is 0 Å². The Kier molecular flexibility index (Phi) is 6.87. The van der Waals surface area contributed by atoms with Crippen molar-refractivity contribution < 1.29 is 13.2 Å². The number of aryl methyl sites for hydroxylation is 2. The average Bonchev–Trinajstić information content (AvgIpc) is 2.46. The van der Waals surface area contributed by atoms with E-state index >= 15 is 0 Å². The number of hydrogen-bond acceptors (Lipinski definition) is 4. The maximum atomic E-state index is 12.4. The summed E-state index contributed by atoms with van der Waals surface area (Å²) in [4.78, 5) is 0.285. The smallest absolute Gasteiger partial charge is 0.240 e. The van der Waals surface area contributed by atoms with Crippen molar-refractivity contribution in [1.29, 1.82) is 0 Å². The molecule has 0 amide bonds. The highest BCUT2D eigenvalue weighted by Gasteiger charge is 2.17. The van der Waals surface area contributed by atoms with E-state index in [1.807, 2.05) is 19.9 Å². The van der Waals surface area contributed by atoms with Crippen molar-refractivity contribution in [2.24, 2.45) is 0 Å². The monoisotopic (exact) mass is 346 g/mol. The summed E-state index contributed by atoms with van der Waals surface area (Å²) in [5.74, 6) is 0.731. The van der Waals surface area contributed by atoms with E-state index < -0.39 is 10.0 Å². The molecule has 2 N–H and O–H groups in total. The van der Waals surface area contributed by atoms with Crippen LogP contribution in [0.3, 0.4) is 0 Å². The number of sulfonamides is 1. The first-order valence-corrected chi connectivity index (χ1v) is 8.46. The Morgan fingerprint density at radius 2 is 1.91 bits per heavy atom. The predicted octanol–water partition coefficient (Wildman–Crippen LogP) is 1.93. The summed E-state index contributed by atoms with van der Waals surface area (Å²) in [5, 5.41) is 3.20. The molecular weight excluding hydrogens is 324 g/mol. The molecule has 0 spiro atoms. The Morgan fingerprint density at radius 3 is 2.41 bits per heavy atom. The molecule has 0 saturated heterocycles. The molecule has 1 heterocycles. The Morgan fingerprint density at radius 1 is 1.27 bits per heavy atom. The molecule has 0 unspecified atom stereocenters. The molecule has 0 fully saturated rings. The van der Waals surface area contributed by atoms with Gasteiger partial charge in [-0.1, -0.05) is 11.6 Å². The van der Waals surface area contributed by atoms with Crippen molar-refractivity contribution in [3.05, 3.63) is 34.9 Å². The van der Waals surface area contributed by atoms with Gasteiger partial charge in [0.25, 0.3) is 0 Å². The number of halogens is 1. The van der Waals surface area contributed by atoms with Gasteiger partial charge in [0.1, 0.15) is 5.75 Å². The van der Waals surface area contributed by atoms with Crippen LogP contribution >= 0.6 is 12.4 Å². The predicted molar refractivity (Wildman–Crippen MR) is 90.5 cm³/mol. The molecule has 0 bridgehead atoms. The van der Waals surface area contributed by atoms with Gasteiger partial charge in [-0.05, 0) is 50.1 Å². The minimum absolute atomic E-state index is 0. The van der Waals surface area contributed by atoms with E-state index in [1.165, 1.54) is 0 Å². The lowest BCUT2D eigenvalue weighted by Crippen LogP contribution is -2.29. The lowest BCUT2D eigenvalue weighted by atomic mass is 10.1. The summed E-state index contributed by atoms with van der Waals surface area (Å²) in [7, 11) is -1.91. The first-order valence-electron chi connectivity index (χ1n) is 6.97. The maximum Gasteiger partial charge on any atom is 0.240 e. The molecule has 5 nitrogen and oxygen atoms in total. The first-order chi connectivity index (χ1) is 9.94. The molecule has 1 aliphatic heterocycles. The molecule has 0 aromatic heterocycles. The molecule has 0 saturated carbocycles. The third-order valence-corrected chi connectivity index (χ3v) is 4.98. The molecule has 124 valence electrons. The fourth-order valence-electron chi connectivity index (χ4n) is 2.49. The van der Waals surface area contributed by atoms with Crippen LogP contribution in [0.25, 0.3) is 0 Å². The van der Waals surface area contributed by atoms with Gasteiger partial charge in [0, 0.05) is 13.1 Å². The van der Waals surface area contributed by atoms with Gasteiger partial charge >= 0.3 is 0 Å². The highest BCUT2D eigenvalue weighted by molar-refractivity contribution is 7.89. The largest absolute Gasteiger partial charge is 0.496 e. The van der Waals surface area contributed by atoms with Crippen LogP contribution in [0.4, 0.5) is 0 Å². The molecule has 7 heteroatoms. The summed E-state index contributed by atoms with van der Waals surface area (Å²) in [6.45, 7) is 5.76. The van der Waals surface area contributed by atoms with Crippen molar-refractivity contribution >= 4 is 22.4 Å². The number of ether oxygens (including phenoxy) is 1. The quantitative estimate of drug-likeness (QED) is 0.799. The van der Waals surface area contributed by atoms with Gasteiger partial charge < -0.3 is 10.1 Å². The topological polar surface area (TPSA) is 67.4 Å². The molecular formula is C15H23ClN2O3S. The maximum absolute atomic E-state index is 12.4. The second-order valence-electron chi connectivity index (χ2n) is 5.23. The van der Waals surface area contributed by atoms with Gasteiger partial charge in [-0.15, -0.1) is 12.4 Å². The van der Waals surface area contributed by atoms with E-state index in [0.717, 1.165) is 42.0 Å². The van der Waals surface area contributed by atoms with Gasteiger partial charge in [0.05, 0.1) is 12.0 Å². The third-order valence-electron chi connectivity index (χ3n) is 3.60. The highest BCUT2D eigenvalue weighted by atomic mass is 35.5. The van der Waals surface area contributed by atoms with Crippen LogP contribution in [0.2, 0.25) is 0 Å². The summed E-state index contributed by atoms with van der Waals surface area (Å²) >= 11 is 0. The molecule has 2 rings (SSSR count). The number of rotatable bonds is 5. The van der Waals surface area contributed by atoms with Crippen LogP contribution in [-0.4, -0.2) is 35.2 Å². The Balaban J connectivity index is 0.00000242. The van der Waals surface area contributed by atoms with Gasteiger partial charge in [-0.25, -0.2) is 13.1 Å². The highest BCUT2D eigenvalue weighted by Crippen LogP contribution is 2.26. The second kappa shape index (κ2) is 7.97. The normalized spacial score (nSPS) is 15.0. The van der Waals surface area contributed by atoms with E-state index in [2.05, 4.69) is 10.0 Å². The zero-order valence-electron chi connectivity index (χ0n) is 13.1. The van der Waals surface area contributed by atoms with Crippen LogP contribution in [-0.2, 0) is 10.0 Å². The number of nitrogens with one attached hydrogen (secondary N) is 2. The van der Waals surface area contributed by atoms with E-state index in [9.17, 15) is 8.42 Å². The van der Waals surface area contributed by atoms with Gasteiger partial charge in [0.15, 0.2) is 0 Å². The van der Waals surface area contributed by atoms with Crippen LogP contribution < -0.4 is 14.8 Å². The number of methoxy groups -OCH3 is 1. The Hall–Kier alpha value is -1.08. The van der Waals surface area contributed by atoms with Crippen LogP contribution in [0.5, 0.6) is 5.75 Å². The van der Waals surface area contributed by atoms with Crippen molar-refractivity contribution in [3.8, 4) is 5.75 Å². The van der Waals surface area contributed by atoms with Gasteiger partial charge in [0.2, 0.25) is 10.0 Å². The van der Waals surface area contributed by atoms with E-state index in [1.54, 1.807) is 19.2 Å². The number of benzene rings is 1. The van der Waals surface area contributed by atoms with Crippen molar-refractivity contribution in [2.45, 2.75) is 25.2 Å². The minimum atomic E-state index is -3.50. The van der Waals surface area contributed by atoms with Crippen molar-refractivity contribution in [2.75, 3.05) is 26.7 Å². The van der Waals surface area contributed by atoms with E-state index in [4.69, 9.17) is 4.74 Å². The fraction of sp³-hybridized carbons (Fsp3) is 0.467. The molecule has 0 radical (unpaired) electrons. The van der Waals surface area contributed by atoms with E-state index in [0.29, 0.717) is 6.54 Å². The zero-order chi connectivity index (χ0) is 15.5. The lowest BCUT2D eigenvalue weighted by molar-refractivity contribution is 0.408. The minimum Gasteiger partial charge on any atom is -0.496 e. The standard InChI is InChI=1S/C15H22N2O3S.ClH/c1-11-8-14(9-12(2)15(11)20-3)21(18,19)17-10-13-4-6-16-7-5-13;/h4,8-9,16-17H,5-7,10H2,1-3H3;1H. The molecule has 1 aromatic carbocycles. The molecule has 0 aliphatic carbocycles. The van der Waals surface area contributed by atoms with Gasteiger partial charge in [-0.2, -0.15) is 0 Å². The molecule has 0 atom stereocenters. The van der Waals surface area contributed by atoms with Crippen LogP contribution in [0, 0.1) is 13.8 Å². The Bertz CT molecular complexity index is 634. The summed E-state index contributed by atoms with van der Waals surface area (Å²) in [6.07, 6.45) is 2.92. The van der Waals surface area contributed by atoms with Crippen molar-refractivity contribution in [1.82, 2.24) is 10.0 Å². The zero-order valence-corrected chi connectivity index (χ0v) is 14.7. The molecule has 1 aromatic rings. The number of hydrogen-bond donors (Lipinski definition) is 2. The summed E-state index contributed by atoms with van der Waals surface area (Å²) in [6, 6.07) is 3.29. The van der Waals surface area contributed by atoms with Gasteiger partial charge in [-0.3, -0.25) is 0 Å². The average molecular weight is 347 g/mol. The SMILES string of the molecule is COc1c(C)cc(S(=O)(=O)NCC2=CCNCC2)cc1C.Cl. The summed E-state index contributed by atoms with van der Waals surface area (Å²) < 4.78 is 32.7.